The summed E-state index contributed by atoms with van der Waals surface area (Å²) in [6, 6.07) is 34.1. The van der Waals surface area contributed by atoms with Crippen molar-refractivity contribution in [2.45, 2.75) is 26.2 Å². The third-order valence-electron chi connectivity index (χ3n) is 10.1. The summed E-state index contributed by atoms with van der Waals surface area (Å²) in [4.78, 5) is 47.6. The van der Waals surface area contributed by atoms with Crippen molar-refractivity contribution in [3.05, 3.63) is 171 Å². The highest BCUT2D eigenvalue weighted by molar-refractivity contribution is 7.13. The van der Waals surface area contributed by atoms with E-state index in [1.165, 1.54) is 37.5 Å². The van der Waals surface area contributed by atoms with Crippen molar-refractivity contribution in [3.63, 3.8) is 0 Å². The van der Waals surface area contributed by atoms with E-state index in [2.05, 4.69) is 80.2 Å². The lowest BCUT2D eigenvalue weighted by molar-refractivity contribution is 0.0951. The average Bonchev–Trinajstić information content (AvgIpc) is 3.93. The van der Waals surface area contributed by atoms with Crippen LogP contribution in [0, 0.1) is 0 Å². The van der Waals surface area contributed by atoms with Crippen LogP contribution in [0.15, 0.2) is 136 Å². The maximum atomic E-state index is 13.7. The van der Waals surface area contributed by atoms with Gasteiger partial charge < -0.3 is 24.5 Å². The topological polar surface area (TPSA) is 141 Å². The molecule has 0 unspecified atom stereocenters. The first kappa shape index (κ1) is 38.8. The van der Waals surface area contributed by atoms with Crippen molar-refractivity contribution >= 4 is 50.7 Å². The second-order valence-electron chi connectivity index (χ2n) is 14.0. The van der Waals surface area contributed by atoms with Crippen LogP contribution in [-0.4, -0.2) is 45.7 Å². The number of thiazole rings is 1. The fraction of sp³-hybridized carbons (Fsp3) is 0.152. The Hall–Kier alpha value is -7.09. The molecule has 2 N–H and O–H groups in total. The number of hydrogen-bond acceptors (Lipinski definition) is 10. The van der Waals surface area contributed by atoms with Gasteiger partial charge in [-0.1, -0.05) is 66.7 Å². The molecule has 2 amide bonds. The molecule has 0 aliphatic rings. The molecular weight excluding hydrogens is 765 g/mol. The zero-order chi connectivity index (χ0) is 40.9. The van der Waals surface area contributed by atoms with Gasteiger partial charge in [-0.25, -0.2) is 0 Å². The molecule has 0 aliphatic heterocycles. The fourth-order valence-corrected chi connectivity index (χ4v) is 7.63. The van der Waals surface area contributed by atoms with Crippen molar-refractivity contribution < 1.29 is 23.5 Å². The zero-order valence-electron chi connectivity index (χ0n) is 32.6. The van der Waals surface area contributed by atoms with E-state index in [0.29, 0.717) is 23.4 Å². The minimum absolute atomic E-state index is 0.135. The molecule has 0 spiro atoms. The summed E-state index contributed by atoms with van der Waals surface area (Å²) in [5.74, 6) is -0.756. The van der Waals surface area contributed by atoms with E-state index in [1.54, 1.807) is 35.6 Å². The molecule has 0 atom stereocenters. The molecule has 0 radical (unpaired) electrons. The molecule has 8 rings (SSSR count). The Morgan fingerprint density at radius 1 is 0.780 bits per heavy atom. The number of carbonyl (C=O) groups is 2. The van der Waals surface area contributed by atoms with Gasteiger partial charge in [-0.05, 0) is 58.1 Å². The summed E-state index contributed by atoms with van der Waals surface area (Å²) in [6.45, 7) is 2.39. The predicted molar refractivity (Wildman–Crippen MR) is 229 cm³/mol. The molecular formula is C46H40N6O6S. The number of aryl methyl sites for hydroxylation is 1. The summed E-state index contributed by atoms with van der Waals surface area (Å²) >= 11 is 1.62. The van der Waals surface area contributed by atoms with Gasteiger partial charge in [0.05, 0.1) is 53.0 Å². The number of methoxy groups -OCH3 is 2. The van der Waals surface area contributed by atoms with Gasteiger partial charge in [-0.2, -0.15) is 5.10 Å². The maximum Gasteiger partial charge on any atom is 0.291 e. The Bertz CT molecular complexity index is 2830. The van der Waals surface area contributed by atoms with Crippen LogP contribution in [0.3, 0.4) is 0 Å². The van der Waals surface area contributed by atoms with E-state index in [0.717, 1.165) is 51.6 Å². The molecule has 3 aromatic heterocycles. The predicted octanol–water partition coefficient (Wildman–Crippen LogP) is 8.21. The van der Waals surface area contributed by atoms with Crippen LogP contribution >= 0.6 is 11.3 Å². The summed E-state index contributed by atoms with van der Waals surface area (Å²) in [6.07, 6.45) is 3.78. The lowest BCUT2D eigenvalue weighted by Gasteiger charge is -2.23. The molecule has 296 valence electrons. The highest BCUT2D eigenvalue weighted by Crippen LogP contribution is 2.34. The lowest BCUT2D eigenvalue weighted by atomic mass is 10.1. The first-order valence-electron chi connectivity index (χ1n) is 18.8. The van der Waals surface area contributed by atoms with Gasteiger partial charge in [0, 0.05) is 56.9 Å². The number of rotatable bonds is 14. The van der Waals surface area contributed by atoms with Crippen molar-refractivity contribution in [1.82, 2.24) is 25.0 Å². The summed E-state index contributed by atoms with van der Waals surface area (Å²) in [5, 5.41) is 11.6. The molecule has 0 bridgehead atoms. The number of hydrogen-bond donors (Lipinski definition) is 2. The highest BCUT2D eigenvalue weighted by Gasteiger charge is 2.21. The van der Waals surface area contributed by atoms with Crippen LogP contribution in [-0.2, 0) is 33.2 Å². The number of aromatic nitrogens is 3. The molecule has 3 heterocycles. The standard InChI is InChI=1S/C46H40N6O6S/c1-51-38-17-14-32(18-34(38)23-49-51)27-52(26-31-12-15-33(16-13-31)44-24-47-28-59-44)25-30-10-8-29(9-11-30)22-48-45(54)36-19-41(56-2)42(57-3)20-37(36)50-46(55)43-21-39(53)35-6-4-5-7-40(35)58-43/h4-21,23-24,28H,22,25-27H2,1-3H3,(H,48,54)(H,50,55). The molecule has 13 heteroatoms. The smallest absolute Gasteiger partial charge is 0.291 e. The first-order valence-corrected chi connectivity index (χ1v) is 19.7. The summed E-state index contributed by atoms with van der Waals surface area (Å²) in [7, 11) is 4.87. The van der Waals surface area contributed by atoms with E-state index in [-0.39, 0.29) is 34.6 Å². The Morgan fingerprint density at radius 2 is 1.46 bits per heavy atom. The third-order valence-corrected chi connectivity index (χ3v) is 10.9. The number of carbonyl (C=O) groups excluding carboxylic acids is 2. The average molecular weight is 805 g/mol. The number of anilines is 1. The number of ether oxygens (including phenoxy) is 2. The van der Waals surface area contributed by atoms with Crippen molar-refractivity contribution in [2.75, 3.05) is 19.5 Å². The maximum absolute atomic E-state index is 13.7. The molecule has 8 aromatic rings. The summed E-state index contributed by atoms with van der Waals surface area (Å²) < 4.78 is 18.5. The van der Waals surface area contributed by atoms with Crippen LogP contribution in [0.1, 0.15) is 43.2 Å². The number of para-hydroxylation sites is 1. The number of amides is 2. The molecule has 5 aromatic carbocycles. The minimum atomic E-state index is -0.704. The monoisotopic (exact) mass is 804 g/mol. The number of nitrogens with zero attached hydrogens (tertiary/aromatic N) is 4. The van der Waals surface area contributed by atoms with E-state index >= 15 is 0 Å². The van der Waals surface area contributed by atoms with Crippen molar-refractivity contribution in [3.8, 4) is 21.9 Å². The number of fused-ring (bicyclic) bond motifs is 2. The lowest BCUT2D eigenvalue weighted by Crippen LogP contribution is -2.25. The van der Waals surface area contributed by atoms with Gasteiger partial charge in [0.15, 0.2) is 22.7 Å². The van der Waals surface area contributed by atoms with Crippen molar-refractivity contribution in [2.24, 2.45) is 7.05 Å². The van der Waals surface area contributed by atoms with E-state index in [1.807, 2.05) is 41.8 Å². The van der Waals surface area contributed by atoms with Gasteiger partial charge in [0.1, 0.15) is 5.58 Å². The second kappa shape index (κ2) is 17.2. The van der Waals surface area contributed by atoms with E-state index in [4.69, 9.17) is 13.9 Å². The first-order chi connectivity index (χ1) is 28.7. The van der Waals surface area contributed by atoms with Crippen LogP contribution in [0.2, 0.25) is 0 Å². The van der Waals surface area contributed by atoms with E-state index < -0.39 is 11.8 Å². The van der Waals surface area contributed by atoms with Crippen LogP contribution < -0.4 is 25.5 Å². The van der Waals surface area contributed by atoms with Crippen LogP contribution in [0.4, 0.5) is 5.69 Å². The quantitative estimate of drug-likeness (QED) is 0.111. The summed E-state index contributed by atoms with van der Waals surface area (Å²) in [5.41, 5.74) is 8.68. The van der Waals surface area contributed by atoms with Gasteiger partial charge in [0.2, 0.25) is 0 Å². The highest BCUT2D eigenvalue weighted by atomic mass is 32.1. The number of nitrogens with one attached hydrogen (secondary N) is 2. The normalized spacial score (nSPS) is 11.3. The number of benzene rings is 5. The Kier molecular flexibility index (Phi) is 11.3. The molecule has 0 fully saturated rings. The fourth-order valence-electron chi connectivity index (χ4n) is 7.00. The van der Waals surface area contributed by atoms with Crippen LogP contribution in [0.25, 0.3) is 32.3 Å². The van der Waals surface area contributed by atoms with Gasteiger partial charge in [-0.15, -0.1) is 11.3 Å². The second-order valence-corrected chi connectivity index (χ2v) is 14.9. The van der Waals surface area contributed by atoms with Gasteiger partial charge in [-0.3, -0.25) is 28.9 Å². The molecule has 0 saturated heterocycles. The molecule has 12 nitrogen and oxygen atoms in total. The Labute approximate surface area is 343 Å². The van der Waals surface area contributed by atoms with Gasteiger partial charge >= 0.3 is 0 Å². The molecule has 59 heavy (non-hydrogen) atoms. The SMILES string of the molecule is COc1cc(NC(=O)c2cc(=O)c3ccccc3o2)c(C(=O)NCc2ccc(CN(Cc3ccc(-c4cncs4)cc3)Cc3ccc4c(cnn4C)c3)cc2)cc1OC. The van der Waals surface area contributed by atoms with E-state index in [9.17, 15) is 14.4 Å². The minimum Gasteiger partial charge on any atom is -0.493 e. The third kappa shape index (κ3) is 8.76. The molecule has 0 aliphatic carbocycles. The zero-order valence-corrected chi connectivity index (χ0v) is 33.4. The Morgan fingerprint density at radius 3 is 2.19 bits per heavy atom. The van der Waals surface area contributed by atoms with Gasteiger partial charge in [0.25, 0.3) is 11.8 Å². The van der Waals surface area contributed by atoms with Crippen molar-refractivity contribution in [1.29, 1.82) is 0 Å². The van der Waals surface area contributed by atoms with Crippen LogP contribution in [0.5, 0.6) is 11.5 Å². The molecule has 0 saturated carbocycles. The largest absolute Gasteiger partial charge is 0.493 e. The Balaban J connectivity index is 0.972.